The lowest BCUT2D eigenvalue weighted by Crippen LogP contribution is -2.49. The van der Waals surface area contributed by atoms with Crippen LogP contribution in [0.3, 0.4) is 0 Å². The van der Waals surface area contributed by atoms with Crippen molar-refractivity contribution in [3.63, 3.8) is 0 Å². The van der Waals surface area contributed by atoms with Gasteiger partial charge in [0.05, 0.1) is 17.7 Å². The number of nitrogens with one attached hydrogen (secondary N) is 1. The summed E-state index contributed by atoms with van der Waals surface area (Å²) in [7, 11) is 1.68. The van der Waals surface area contributed by atoms with Crippen LogP contribution in [0.1, 0.15) is 33.6 Å². The van der Waals surface area contributed by atoms with Gasteiger partial charge in [-0.25, -0.2) is 4.79 Å². The summed E-state index contributed by atoms with van der Waals surface area (Å²) in [6.45, 7) is 7.91. The lowest BCUT2D eigenvalue weighted by atomic mass is 9.81. The fraction of sp³-hybridized carbons (Fsp3) is 0.917. The minimum atomic E-state index is -0.178. The summed E-state index contributed by atoms with van der Waals surface area (Å²) in [5.41, 5.74) is -0.293. The Balaban J connectivity index is 2.24. The molecule has 3 saturated heterocycles. The molecule has 16 heavy (non-hydrogen) atoms. The number of amides is 2. The van der Waals surface area contributed by atoms with Crippen molar-refractivity contribution in [2.75, 3.05) is 20.1 Å². The third-order valence-corrected chi connectivity index (χ3v) is 3.98. The van der Waals surface area contributed by atoms with E-state index in [0.29, 0.717) is 12.5 Å². The molecule has 2 bridgehead atoms. The van der Waals surface area contributed by atoms with E-state index >= 15 is 0 Å². The number of fused-ring (bicyclic) bond motifs is 4. The summed E-state index contributed by atoms with van der Waals surface area (Å²) < 4.78 is 6.19. The molecule has 0 aliphatic carbocycles. The van der Waals surface area contributed by atoms with Crippen LogP contribution in [-0.2, 0) is 4.74 Å². The van der Waals surface area contributed by atoms with E-state index in [-0.39, 0.29) is 17.2 Å². The van der Waals surface area contributed by atoms with E-state index in [4.69, 9.17) is 4.74 Å². The number of nitrogens with zero attached hydrogens (tertiary/aromatic N) is 1. The third-order valence-electron chi connectivity index (χ3n) is 3.98. The molecule has 3 rings (SSSR count). The van der Waals surface area contributed by atoms with E-state index in [1.54, 1.807) is 7.05 Å². The lowest BCUT2D eigenvalue weighted by Gasteiger charge is -2.44. The molecule has 2 amide bonds. The van der Waals surface area contributed by atoms with Crippen LogP contribution in [-0.4, -0.2) is 42.3 Å². The van der Waals surface area contributed by atoms with Crippen molar-refractivity contribution in [2.45, 2.75) is 44.8 Å². The minimum Gasteiger partial charge on any atom is -0.367 e. The van der Waals surface area contributed by atoms with Crippen molar-refractivity contribution >= 4 is 6.03 Å². The van der Waals surface area contributed by atoms with Gasteiger partial charge in [-0.05, 0) is 33.6 Å². The maximum absolute atomic E-state index is 11.8. The molecule has 3 aliphatic rings. The topological polar surface area (TPSA) is 41.6 Å². The van der Waals surface area contributed by atoms with Crippen LogP contribution < -0.4 is 5.32 Å². The predicted molar refractivity (Wildman–Crippen MR) is 62.3 cm³/mol. The normalized spacial score (nSPS) is 37.0. The number of hydrogen-bond donors (Lipinski definition) is 1. The molecule has 3 aliphatic heterocycles. The van der Waals surface area contributed by atoms with Crippen molar-refractivity contribution in [3.8, 4) is 0 Å². The first-order chi connectivity index (χ1) is 7.36. The second-order valence-electron chi connectivity index (χ2n) is 5.83. The molecule has 92 valence electrons. The quantitative estimate of drug-likeness (QED) is 0.681. The van der Waals surface area contributed by atoms with Gasteiger partial charge in [0.1, 0.15) is 0 Å². The third kappa shape index (κ3) is 1.90. The molecular formula is C12H22N2O2. The zero-order chi connectivity index (χ0) is 12.0. The highest BCUT2D eigenvalue weighted by Gasteiger charge is 2.48. The highest BCUT2D eigenvalue weighted by atomic mass is 16.5. The Hall–Kier alpha value is -0.770. The Kier molecular flexibility index (Phi) is 2.65. The Morgan fingerprint density at radius 2 is 2.12 bits per heavy atom. The molecule has 4 heteroatoms. The highest BCUT2D eigenvalue weighted by molar-refractivity contribution is 5.74. The summed E-state index contributed by atoms with van der Waals surface area (Å²) >= 11 is 0. The second kappa shape index (κ2) is 3.62. The van der Waals surface area contributed by atoms with Crippen LogP contribution in [0, 0.1) is 5.92 Å². The highest BCUT2D eigenvalue weighted by Crippen LogP contribution is 2.43. The molecule has 0 unspecified atom stereocenters. The van der Waals surface area contributed by atoms with Crippen LogP contribution in [0.25, 0.3) is 0 Å². The SMILES string of the molecule is CNC(=O)N1C[C@H]2CC[C@@](C)(C1)OC2(C)C. The molecule has 2 atom stereocenters. The van der Waals surface area contributed by atoms with Crippen molar-refractivity contribution in [3.05, 3.63) is 0 Å². The van der Waals surface area contributed by atoms with E-state index in [0.717, 1.165) is 19.4 Å². The van der Waals surface area contributed by atoms with Crippen LogP contribution in [0.15, 0.2) is 0 Å². The first-order valence-corrected chi connectivity index (χ1v) is 6.03. The summed E-state index contributed by atoms with van der Waals surface area (Å²) in [4.78, 5) is 13.6. The van der Waals surface area contributed by atoms with Gasteiger partial charge in [-0.3, -0.25) is 0 Å². The van der Waals surface area contributed by atoms with Gasteiger partial charge in [0.25, 0.3) is 0 Å². The van der Waals surface area contributed by atoms with Crippen LogP contribution in [0.2, 0.25) is 0 Å². The molecule has 0 saturated carbocycles. The van der Waals surface area contributed by atoms with Crippen molar-refractivity contribution < 1.29 is 9.53 Å². The zero-order valence-electron chi connectivity index (χ0n) is 10.7. The van der Waals surface area contributed by atoms with Crippen molar-refractivity contribution in [1.29, 1.82) is 0 Å². The van der Waals surface area contributed by atoms with Gasteiger partial charge >= 0.3 is 6.03 Å². The van der Waals surface area contributed by atoms with E-state index in [2.05, 4.69) is 26.1 Å². The number of urea groups is 1. The monoisotopic (exact) mass is 226 g/mol. The summed E-state index contributed by atoms with van der Waals surface area (Å²) in [6, 6.07) is 0.0134. The number of rotatable bonds is 0. The second-order valence-corrected chi connectivity index (χ2v) is 5.83. The molecule has 0 aromatic carbocycles. The molecular weight excluding hydrogens is 204 g/mol. The average Bonchev–Trinajstić information content (AvgIpc) is 2.40. The van der Waals surface area contributed by atoms with Crippen molar-refractivity contribution in [2.24, 2.45) is 5.92 Å². The summed E-state index contributed by atoms with van der Waals surface area (Å²) in [6.07, 6.45) is 2.20. The van der Waals surface area contributed by atoms with Gasteiger partial charge in [-0.15, -0.1) is 0 Å². The summed E-state index contributed by atoms with van der Waals surface area (Å²) in [5.74, 6) is 0.445. The van der Waals surface area contributed by atoms with E-state index in [1.165, 1.54) is 0 Å². The Morgan fingerprint density at radius 1 is 1.44 bits per heavy atom. The van der Waals surface area contributed by atoms with E-state index < -0.39 is 0 Å². The maximum atomic E-state index is 11.8. The lowest BCUT2D eigenvalue weighted by molar-refractivity contribution is -0.175. The molecule has 1 N–H and O–H groups in total. The molecule has 3 fully saturated rings. The molecule has 0 spiro atoms. The fourth-order valence-electron chi connectivity index (χ4n) is 3.07. The van der Waals surface area contributed by atoms with Crippen molar-refractivity contribution in [1.82, 2.24) is 10.2 Å². The van der Waals surface area contributed by atoms with Crippen LogP contribution in [0.5, 0.6) is 0 Å². The summed E-state index contributed by atoms with van der Waals surface area (Å²) in [5, 5.41) is 2.71. The molecule has 0 aromatic heterocycles. The van der Waals surface area contributed by atoms with E-state index in [9.17, 15) is 4.79 Å². The number of carbonyl (C=O) groups excluding carboxylic acids is 1. The Labute approximate surface area is 97.3 Å². The Morgan fingerprint density at radius 3 is 2.69 bits per heavy atom. The molecule has 0 radical (unpaired) electrons. The fourth-order valence-corrected chi connectivity index (χ4v) is 3.07. The molecule has 0 aromatic rings. The largest absolute Gasteiger partial charge is 0.367 e. The number of hydrogen-bond acceptors (Lipinski definition) is 2. The number of ether oxygens (including phenoxy) is 1. The minimum absolute atomic E-state index is 0.0134. The number of carbonyl (C=O) groups is 1. The van der Waals surface area contributed by atoms with Crippen LogP contribution >= 0.6 is 0 Å². The van der Waals surface area contributed by atoms with Gasteiger partial charge in [0.15, 0.2) is 0 Å². The van der Waals surface area contributed by atoms with Crippen LogP contribution in [0.4, 0.5) is 4.79 Å². The van der Waals surface area contributed by atoms with Gasteiger partial charge in [0.2, 0.25) is 0 Å². The standard InChI is InChI=1S/C12H22N2O2/c1-11(2)9-5-6-12(3,16-11)8-14(7-9)10(15)13-4/h9H,5-8H2,1-4H3,(H,13,15)/t9-,12+/m1/s1. The molecule has 3 heterocycles. The van der Waals surface area contributed by atoms with Gasteiger partial charge < -0.3 is 15.0 Å². The maximum Gasteiger partial charge on any atom is 0.317 e. The van der Waals surface area contributed by atoms with Gasteiger partial charge in [0, 0.05) is 19.5 Å². The van der Waals surface area contributed by atoms with Gasteiger partial charge in [-0.2, -0.15) is 0 Å². The smallest absolute Gasteiger partial charge is 0.317 e. The average molecular weight is 226 g/mol. The first kappa shape index (κ1) is 11.7. The zero-order valence-corrected chi connectivity index (χ0v) is 10.7. The molecule has 4 nitrogen and oxygen atoms in total. The van der Waals surface area contributed by atoms with Gasteiger partial charge in [-0.1, -0.05) is 0 Å². The predicted octanol–water partition coefficient (Wildman–Crippen LogP) is 1.61. The first-order valence-electron chi connectivity index (χ1n) is 6.03. The van der Waals surface area contributed by atoms with E-state index in [1.807, 2.05) is 4.90 Å². The Bertz CT molecular complexity index is 303.